The molecular weight excluding hydrogens is 352 g/mol. The van der Waals surface area contributed by atoms with Crippen LogP contribution in [-0.4, -0.2) is 31.2 Å². The predicted molar refractivity (Wildman–Crippen MR) is 92.2 cm³/mol. The van der Waals surface area contributed by atoms with Gasteiger partial charge in [-0.1, -0.05) is 23.7 Å². The largest absolute Gasteiger partial charge is 0.396 e. The summed E-state index contributed by atoms with van der Waals surface area (Å²) in [5, 5.41) is 0.798. The number of benzene rings is 1. The van der Waals surface area contributed by atoms with Crippen LogP contribution in [0.25, 0.3) is 0 Å². The number of hydrogen-bond acceptors (Lipinski definition) is 4. The van der Waals surface area contributed by atoms with E-state index in [9.17, 15) is 0 Å². The Labute approximate surface area is 137 Å². The number of nitrogen functional groups attached to an aromatic ring is 1. The lowest BCUT2D eigenvalue weighted by molar-refractivity contribution is 0.648. The van der Waals surface area contributed by atoms with E-state index in [0.717, 1.165) is 47.2 Å². The van der Waals surface area contributed by atoms with E-state index in [4.69, 9.17) is 17.3 Å². The van der Waals surface area contributed by atoms with Crippen molar-refractivity contribution in [1.82, 2.24) is 4.98 Å². The number of nitrogens with zero attached hydrogens (tertiary/aromatic N) is 3. The van der Waals surface area contributed by atoms with Crippen LogP contribution in [0.2, 0.25) is 5.02 Å². The molecule has 2 aromatic rings. The molecule has 1 fully saturated rings. The Morgan fingerprint density at radius 1 is 1.10 bits per heavy atom. The molecule has 1 aromatic heterocycles. The monoisotopic (exact) mass is 366 g/mol. The third kappa shape index (κ3) is 3.09. The van der Waals surface area contributed by atoms with E-state index in [2.05, 4.69) is 36.8 Å². The molecule has 0 spiro atoms. The van der Waals surface area contributed by atoms with Gasteiger partial charge in [0.05, 0.1) is 16.4 Å². The van der Waals surface area contributed by atoms with Crippen molar-refractivity contribution in [2.45, 2.75) is 0 Å². The minimum Gasteiger partial charge on any atom is -0.396 e. The number of nitrogens with two attached hydrogens (primary N) is 1. The van der Waals surface area contributed by atoms with E-state index in [1.54, 1.807) is 6.20 Å². The molecule has 0 unspecified atom stereocenters. The van der Waals surface area contributed by atoms with Gasteiger partial charge < -0.3 is 15.5 Å². The van der Waals surface area contributed by atoms with Crippen molar-refractivity contribution in [1.29, 1.82) is 0 Å². The van der Waals surface area contributed by atoms with Crippen LogP contribution in [0.5, 0.6) is 0 Å². The summed E-state index contributed by atoms with van der Waals surface area (Å²) < 4.78 is 0.901. The summed E-state index contributed by atoms with van der Waals surface area (Å²) >= 11 is 9.65. The van der Waals surface area contributed by atoms with E-state index in [1.807, 2.05) is 24.3 Å². The van der Waals surface area contributed by atoms with Gasteiger partial charge in [0, 0.05) is 36.8 Å². The Hall–Kier alpha value is -1.46. The van der Waals surface area contributed by atoms with Crippen LogP contribution in [0.1, 0.15) is 0 Å². The lowest BCUT2D eigenvalue weighted by Crippen LogP contribution is -2.47. The highest BCUT2D eigenvalue weighted by atomic mass is 79.9. The first-order valence-corrected chi connectivity index (χ1v) is 7.97. The van der Waals surface area contributed by atoms with Crippen LogP contribution in [0, 0.1) is 0 Å². The topological polar surface area (TPSA) is 45.4 Å². The van der Waals surface area contributed by atoms with Gasteiger partial charge >= 0.3 is 0 Å². The van der Waals surface area contributed by atoms with Gasteiger partial charge in [-0.15, -0.1) is 0 Å². The molecule has 0 atom stereocenters. The van der Waals surface area contributed by atoms with Crippen molar-refractivity contribution in [3.05, 3.63) is 46.0 Å². The van der Waals surface area contributed by atoms with E-state index in [0.29, 0.717) is 5.69 Å². The molecule has 21 heavy (non-hydrogen) atoms. The van der Waals surface area contributed by atoms with Crippen molar-refractivity contribution >= 4 is 44.7 Å². The van der Waals surface area contributed by atoms with Gasteiger partial charge in [-0.05, 0) is 34.1 Å². The van der Waals surface area contributed by atoms with Crippen molar-refractivity contribution in [2.24, 2.45) is 0 Å². The second kappa shape index (κ2) is 6.12. The summed E-state index contributed by atoms with van der Waals surface area (Å²) in [6.07, 6.45) is 1.78. The average Bonchev–Trinajstić information content (AvgIpc) is 2.48. The van der Waals surface area contributed by atoms with Crippen LogP contribution < -0.4 is 15.5 Å². The van der Waals surface area contributed by atoms with Gasteiger partial charge in [-0.3, -0.25) is 0 Å². The van der Waals surface area contributed by atoms with Gasteiger partial charge in [-0.2, -0.15) is 0 Å². The van der Waals surface area contributed by atoms with Crippen LogP contribution in [-0.2, 0) is 0 Å². The molecule has 1 aromatic carbocycles. The number of para-hydroxylation sites is 1. The summed E-state index contributed by atoms with van der Waals surface area (Å²) in [4.78, 5) is 8.94. The molecule has 0 radical (unpaired) electrons. The molecule has 3 rings (SSSR count). The molecular formula is C15H16BrClN4. The number of hydrogen-bond donors (Lipinski definition) is 1. The van der Waals surface area contributed by atoms with Gasteiger partial charge in [0.1, 0.15) is 0 Å². The predicted octanol–water partition coefficient (Wildman–Crippen LogP) is 3.41. The van der Waals surface area contributed by atoms with Crippen molar-refractivity contribution < 1.29 is 0 Å². The highest BCUT2D eigenvalue weighted by Gasteiger charge is 2.21. The fourth-order valence-corrected chi connectivity index (χ4v) is 3.18. The maximum absolute atomic E-state index is 6.26. The normalized spacial score (nSPS) is 15.3. The summed E-state index contributed by atoms with van der Waals surface area (Å²) in [5.41, 5.74) is 7.85. The molecule has 110 valence electrons. The Morgan fingerprint density at radius 3 is 2.43 bits per heavy atom. The van der Waals surface area contributed by atoms with Crippen LogP contribution in [0.4, 0.5) is 17.2 Å². The maximum Gasteiger partial charge on any atom is 0.151 e. The fraction of sp³-hybridized carbons (Fsp3) is 0.267. The molecule has 0 bridgehead atoms. The van der Waals surface area contributed by atoms with E-state index in [-0.39, 0.29) is 0 Å². The SMILES string of the molecule is Nc1cc(Br)cnc1N1CCN(c2ccccc2Cl)CC1. The standard InChI is InChI=1S/C15H16BrClN4/c16-11-9-13(18)15(19-10-11)21-7-5-20(6-8-21)14-4-2-1-3-12(14)17/h1-4,9-10H,5-8,18H2. The molecule has 2 heterocycles. The first-order valence-electron chi connectivity index (χ1n) is 6.80. The first-order chi connectivity index (χ1) is 10.1. The highest BCUT2D eigenvalue weighted by Crippen LogP contribution is 2.28. The summed E-state index contributed by atoms with van der Waals surface area (Å²) in [7, 11) is 0. The average molecular weight is 368 g/mol. The zero-order valence-electron chi connectivity index (χ0n) is 11.5. The van der Waals surface area contributed by atoms with Crippen LogP contribution in [0.3, 0.4) is 0 Å². The van der Waals surface area contributed by atoms with Gasteiger partial charge in [0.25, 0.3) is 0 Å². The van der Waals surface area contributed by atoms with Crippen molar-refractivity contribution in [3.8, 4) is 0 Å². The Kier molecular flexibility index (Phi) is 4.22. The van der Waals surface area contributed by atoms with Gasteiger partial charge in [0.15, 0.2) is 5.82 Å². The Bertz CT molecular complexity index is 641. The molecule has 1 aliphatic rings. The first kappa shape index (κ1) is 14.5. The van der Waals surface area contributed by atoms with Gasteiger partial charge in [0.2, 0.25) is 0 Å². The second-order valence-corrected chi connectivity index (χ2v) is 6.31. The molecule has 0 aliphatic carbocycles. The van der Waals surface area contributed by atoms with E-state index in [1.165, 1.54) is 0 Å². The highest BCUT2D eigenvalue weighted by molar-refractivity contribution is 9.10. The summed E-state index contributed by atoms with van der Waals surface area (Å²) in [5.74, 6) is 0.858. The minimum atomic E-state index is 0.704. The van der Waals surface area contributed by atoms with Crippen molar-refractivity contribution in [2.75, 3.05) is 41.7 Å². The van der Waals surface area contributed by atoms with E-state index < -0.39 is 0 Å². The summed E-state index contributed by atoms with van der Waals surface area (Å²) in [6, 6.07) is 9.85. The second-order valence-electron chi connectivity index (χ2n) is 4.99. The molecule has 1 saturated heterocycles. The molecule has 4 nitrogen and oxygen atoms in total. The molecule has 0 saturated carbocycles. The number of piperazine rings is 1. The van der Waals surface area contributed by atoms with Crippen LogP contribution >= 0.6 is 27.5 Å². The number of halogens is 2. The lowest BCUT2D eigenvalue weighted by Gasteiger charge is -2.37. The van der Waals surface area contributed by atoms with Crippen molar-refractivity contribution in [3.63, 3.8) is 0 Å². The fourth-order valence-electron chi connectivity index (χ4n) is 2.58. The molecule has 0 amide bonds. The Morgan fingerprint density at radius 2 is 1.76 bits per heavy atom. The summed E-state index contributed by atoms with van der Waals surface area (Å²) in [6.45, 7) is 3.57. The number of pyridine rings is 1. The lowest BCUT2D eigenvalue weighted by atomic mass is 10.2. The maximum atomic E-state index is 6.26. The quantitative estimate of drug-likeness (QED) is 0.883. The third-order valence-electron chi connectivity index (χ3n) is 3.63. The molecule has 1 aliphatic heterocycles. The minimum absolute atomic E-state index is 0.704. The smallest absolute Gasteiger partial charge is 0.151 e. The number of anilines is 3. The van der Waals surface area contributed by atoms with Gasteiger partial charge in [-0.25, -0.2) is 4.98 Å². The zero-order chi connectivity index (χ0) is 14.8. The molecule has 6 heteroatoms. The molecule has 2 N–H and O–H groups in total. The third-order valence-corrected chi connectivity index (χ3v) is 4.39. The number of rotatable bonds is 2. The zero-order valence-corrected chi connectivity index (χ0v) is 13.8. The Balaban J connectivity index is 1.72. The van der Waals surface area contributed by atoms with E-state index >= 15 is 0 Å². The van der Waals surface area contributed by atoms with Crippen LogP contribution in [0.15, 0.2) is 41.0 Å². The number of aromatic nitrogens is 1.